The third-order valence-electron chi connectivity index (χ3n) is 3.02. The predicted molar refractivity (Wildman–Crippen MR) is 70.3 cm³/mol. The van der Waals surface area contributed by atoms with E-state index in [1.54, 1.807) is 4.90 Å². The van der Waals surface area contributed by atoms with Crippen LogP contribution in [0.2, 0.25) is 0 Å². The highest BCUT2D eigenvalue weighted by atomic mass is 32.1. The van der Waals surface area contributed by atoms with Crippen LogP contribution in [0.15, 0.2) is 23.1 Å². The molecule has 88 valence electrons. The summed E-state index contributed by atoms with van der Waals surface area (Å²) in [5, 5.41) is 0. The highest BCUT2D eigenvalue weighted by Gasteiger charge is 2.17. The van der Waals surface area contributed by atoms with Crippen LogP contribution in [0.4, 0.5) is 0 Å². The molecule has 1 amide bonds. The van der Waals surface area contributed by atoms with Gasteiger partial charge >= 0.3 is 0 Å². The van der Waals surface area contributed by atoms with E-state index in [0.29, 0.717) is 0 Å². The van der Waals surface area contributed by atoms with Crippen LogP contribution in [-0.2, 0) is 0 Å². The molecule has 0 radical (unpaired) electrons. The number of rotatable bonds is 3. The molecule has 0 bridgehead atoms. The molecule has 2 nitrogen and oxygen atoms in total. The average molecular weight is 237 g/mol. The van der Waals surface area contributed by atoms with Crippen LogP contribution in [0, 0.1) is 6.92 Å². The van der Waals surface area contributed by atoms with Crippen molar-refractivity contribution < 1.29 is 4.79 Å². The van der Waals surface area contributed by atoms with E-state index in [9.17, 15) is 4.79 Å². The summed E-state index contributed by atoms with van der Waals surface area (Å²) in [5.74, 6) is 0.0720. The summed E-state index contributed by atoms with van der Waals surface area (Å²) in [5.41, 5.74) is 1.74. The van der Waals surface area contributed by atoms with Crippen molar-refractivity contribution in [1.29, 1.82) is 0 Å². The molecule has 1 aromatic carbocycles. The van der Waals surface area contributed by atoms with Crippen molar-refractivity contribution in [3.8, 4) is 0 Å². The van der Waals surface area contributed by atoms with Crippen molar-refractivity contribution in [2.45, 2.75) is 38.1 Å². The van der Waals surface area contributed by atoms with Crippen LogP contribution < -0.4 is 0 Å². The van der Waals surface area contributed by atoms with Crippen LogP contribution in [0.1, 0.15) is 36.2 Å². The number of benzene rings is 1. The Hall–Kier alpha value is -0.960. The smallest absolute Gasteiger partial charge is 0.254 e. The second kappa shape index (κ2) is 5.39. The fourth-order valence-electron chi connectivity index (χ4n) is 1.50. The SMILES string of the molecule is CCC(C)N(C)C(=O)c1cc(S)ccc1C. The maximum atomic E-state index is 12.2. The number of amides is 1. The van der Waals surface area contributed by atoms with Gasteiger partial charge in [-0.1, -0.05) is 13.0 Å². The minimum atomic E-state index is 0.0720. The highest BCUT2D eigenvalue weighted by Crippen LogP contribution is 2.17. The third kappa shape index (κ3) is 2.79. The molecule has 0 fully saturated rings. The second-order valence-electron chi connectivity index (χ2n) is 4.17. The van der Waals surface area contributed by atoms with Crippen LogP contribution in [-0.4, -0.2) is 23.9 Å². The predicted octanol–water partition coefficient (Wildman–Crippen LogP) is 3.15. The number of thiol groups is 1. The van der Waals surface area contributed by atoms with Gasteiger partial charge in [0.05, 0.1) is 0 Å². The lowest BCUT2D eigenvalue weighted by Gasteiger charge is -2.24. The van der Waals surface area contributed by atoms with Gasteiger partial charge in [0, 0.05) is 23.5 Å². The van der Waals surface area contributed by atoms with E-state index in [2.05, 4.69) is 26.5 Å². The molecule has 0 saturated heterocycles. The number of carbonyl (C=O) groups is 1. The largest absolute Gasteiger partial charge is 0.339 e. The first kappa shape index (κ1) is 13.1. The van der Waals surface area contributed by atoms with Gasteiger partial charge in [-0.2, -0.15) is 0 Å². The van der Waals surface area contributed by atoms with Crippen LogP contribution in [0.25, 0.3) is 0 Å². The van der Waals surface area contributed by atoms with Gasteiger partial charge in [0.15, 0.2) is 0 Å². The Morgan fingerprint density at radius 3 is 2.69 bits per heavy atom. The quantitative estimate of drug-likeness (QED) is 0.801. The topological polar surface area (TPSA) is 20.3 Å². The lowest BCUT2D eigenvalue weighted by atomic mass is 10.1. The highest BCUT2D eigenvalue weighted by molar-refractivity contribution is 7.80. The van der Waals surface area contributed by atoms with Crippen molar-refractivity contribution in [1.82, 2.24) is 4.90 Å². The van der Waals surface area contributed by atoms with Crippen LogP contribution in [0.5, 0.6) is 0 Å². The van der Waals surface area contributed by atoms with Gasteiger partial charge in [0.2, 0.25) is 0 Å². The fourth-order valence-corrected chi connectivity index (χ4v) is 1.71. The number of nitrogens with zero attached hydrogens (tertiary/aromatic N) is 1. The molecule has 0 N–H and O–H groups in total. The molecule has 16 heavy (non-hydrogen) atoms. The van der Waals surface area contributed by atoms with Crippen LogP contribution >= 0.6 is 12.6 Å². The Balaban J connectivity index is 3.00. The molecule has 1 unspecified atom stereocenters. The van der Waals surface area contributed by atoms with Gasteiger partial charge in [0.25, 0.3) is 5.91 Å². The number of carbonyl (C=O) groups excluding carboxylic acids is 1. The van der Waals surface area contributed by atoms with Gasteiger partial charge in [-0.15, -0.1) is 12.6 Å². The van der Waals surface area contributed by atoms with Gasteiger partial charge in [-0.3, -0.25) is 4.79 Å². The van der Waals surface area contributed by atoms with E-state index < -0.39 is 0 Å². The van der Waals surface area contributed by atoms with E-state index in [1.165, 1.54) is 0 Å². The zero-order valence-electron chi connectivity index (χ0n) is 10.3. The average Bonchev–Trinajstić information content (AvgIpc) is 2.29. The van der Waals surface area contributed by atoms with Gasteiger partial charge in [-0.05, 0) is 38.0 Å². The number of aryl methyl sites for hydroxylation is 1. The Morgan fingerprint density at radius 1 is 1.50 bits per heavy atom. The van der Waals surface area contributed by atoms with Crippen LogP contribution in [0.3, 0.4) is 0 Å². The Bertz CT molecular complexity index is 390. The molecule has 0 heterocycles. The van der Waals surface area contributed by atoms with Crippen molar-refractivity contribution >= 4 is 18.5 Å². The molecule has 0 aliphatic carbocycles. The molecule has 3 heteroatoms. The molecule has 0 spiro atoms. The summed E-state index contributed by atoms with van der Waals surface area (Å²) in [4.78, 5) is 14.8. The van der Waals surface area contributed by atoms with Crippen molar-refractivity contribution in [3.63, 3.8) is 0 Å². The molecule has 0 aliphatic heterocycles. The van der Waals surface area contributed by atoms with E-state index in [0.717, 1.165) is 22.4 Å². The minimum Gasteiger partial charge on any atom is -0.339 e. The van der Waals surface area contributed by atoms with Crippen molar-refractivity contribution in [3.05, 3.63) is 29.3 Å². The zero-order valence-corrected chi connectivity index (χ0v) is 11.2. The number of hydrogen-bond acceptors (Lipinski definition) is 2. The summed E-state index contributed by atoms with van der Waals surface area (Å²) < 4.78 is 0. The first-order valence-electron chi connectivity index (χ1n) is 5.54. The van der Waals surface area contributed by atoms with Gasteiger partial charge < -0.3 is 4.90 Å². The summed E-state index contributed by atoms with van der Waals surface area (Å²) in [6.45, 7) is 6.08. The van der Waals surface area contributed by atoms with E-state index in [1.807, 2.05) is 32.2 Å². The Labute approximate surface area is 103 Å². The number of hydrogen-bond donors (Lipinski definition) is 1. The van der Waals surface area contributed by atoms with Crippen molar-refractivity contribution in [2.75, 3.05) is 7.05 Å². The third-order valence-corrected chi connectivity index (χ3v) is 3.30. The molecule has 0 aliphatic rings. The summed E-state index contributed by atoms with van der Waals surface area (Å²) in [7, 11) is 1.85. The molecule has 1 aromatic rings. The lowest BCUT2D eigenvalue weighted by Crippen LogP contribution is -2.34. The molecule has 0 aromatic heterocycles. The zero-order chi connectivity index (χ0) is 12.3. The first-order chi connectivity index (χ1) is 7.47. The second-order valence-corrected chi connectivity index (χ2v) is 4.69. The molecule has 1 atom stereocenters. The fraction of sp³-hybridized carbons (Fsp3) is 0.462. The van der Waals surface area contributed by atoms with E-state index in [4.69, 9.17) is 0 Å². The maximum absolute atomic E-state index is 12.2. The minimum absolute atomic E-state index is 0.0720. The normalized spacial score (nSPS) is 12.3. The standard InChI is InChI=1S/C13H19NOS/c1-5-10(3)14(4)13(15)12-8-11(16)7-6-9(12)2/h6-8,10,16H,5H2,1-4H3. The Kier molecular flexibility index (Phi) is 4.42. The van der Waals surface area contributed by atoms with Gasteiger partial charge in [0.1, 0.15) is 0 Å². The van der Waals surface area contributed by atoms with Crippen molar-refractivity contribution in [2.24, 2.45) is 0 Å². The molecular formula is C13H19NOS. The summed E-state index contributed by atoms with van der Waals surface area (Å²) >= 11 is 4.27. The Morgan fingerprint density at radius 2 is 2.12 bits per heavy atom. The lowest BCUT2D eigenvalue weighted by molar-refractivity contribution is 0.0739. The summed E-state index contributed by atoms with van der Waals surface area (Å²) in [6.07, 6.45) is 0.960. The molecule has 1 rings (SSSR count). The summed E-state index contributed by atoms with van der Waals surface area (Å²) in [6, 6.07) is 5.92. The van der Waals surface area contributed by atoms with E-state index >= 15 is 0 Å². The first-order valence-corrected chi connectivity index (χ1v) is 5.98. The molecule has 0 saturated carbocycles. The molecular weight excluding hydrogens is 218 g/mol. The maximum Gasteiger partial charge on any atom is 0.254 e. The monoisotopic (exact) mass is 237 g/mol. The van der Waals surface area contributed by atoms with Gasteiger partial charge in [-0.25, -0.2) is 0 Å². The van der Waals surface area contributed by atoms with E-state index in [-0.39, 0.29) is 11.9 Å².